The average Bonchev–Trinajstić information content (AvgIpc) is 3.47. The highest BCUT2D eigenvalue weighted by Gasteiger charge is 2.56. The molecule has 8 nitrogen and oxygen atoms in total. The number of halogens is 3. The molecule has 4 aliphatic rings. The summed E-state index contributed by atoms with van der Waals surface area (Å²) in [6.45, 7) is 3.16. The summed E-state index contributed by atoms with van der Waals surface area (Å²) in [4.78, 5) is 19.9. The minimum atomic E-state index is -4.40. The van der Waals surface area contributed by atoms with E-state index in [-0.39, 0.29) is 23.2 Å². The molecule has 0 bridgehead atoms. The van der Waals surface area contributed by atoms with E-state index in [0.29, 0.717) is 37.0 Å². The molecule has 2 aliphatic heterocycles. The van der Waals surface area contributed by atoms with E-state index >= 15 is 0 Å². The number of alkyl halides is 3. The maximum absolute atomic E-state index is 12.9. The number of amides is 2. The number of nitrogens with one attached hydrogen (secondary N) is 2. The third kappa shape index (κ3) is 4.23. The Hall–Kier alpha value is -2.82. The van der Waals surface area contributed by atoms with Gasteiger partial charge in [0, 0.05) is 61.6 Å². The smallest absolute Gasteiger partial charge is 0.416 e. The van der Waals surface area contributed by atoms with Crippen molar-refractivity contribution >= 4 is 6.03 Å². The number of rotatable bonds is 6. The number of carbonyl (C=O) groups excluding carboxylic acids is 1. The monoisotopic (exact) mass is 490 g/mol. The zero-order chi connectivity index (χ0) is 24.4. The molecule has 0 radical (unpaired) electrons. The molecular formula is C24H29F3N6O2. The van der Waals surface area contributed by atoms with Gasteiger partial charge in [0.1, 0.15) is 17.4 Å². The summed E-state index contributed by atoms with van der Waals surface area (Å²) in [5, 5.41) is 11.9. The largest absolute Gasteiger partial charge is 0.496 e. The van der Waals surface area contributed by atoms with Crippen molar-refractivity contribution in [3.8, 4) is 5.75 Å². The molecule has 2 saturated heterocycles. The standard InChI is InChI=1S/C24H29F3N6O2/c1-35-19-6-17(24(25,26)27)5-4-15(19)9-28-18-10-32(11-18)22(34)33-12-23(13-33)7-16(8-23)21-29-20(30-31-21)14-2-3-14/h4-6,14,16,18,28H,2-3,7-13H2,1H3,(H,29,30,31). The third-order valence-electron chi connectivity index (χ3n) is 7.90. The molecule has 2 aromatic rings. The van der Waals surface area contributed by atoms with Gasteiger partial charge in [-0.1, -0.05) is 6.07 Å². The molecule has 1 aromatic heterocycles. The van der Waals surface area contributed by atoms with Crippen LogP contribution in [0, 0.1) is 5.41 Å². The number of H-pyrrole nitrogens is 1. The summed E-state index contributed by atoms with van der Waals surface area (Å²) in [5.74, 6) is 3.24. The van der Waals surface area contributed by atoms with Crippen LogP contribution in [0.3, 0.4) is 0 Å². The van der Waals surface area contributed by atoms with Crippen molar-refractivity contribution in [2.75, 3.05) is 33.3 Å². The fourth-order valence-corrected chi connectivity index (χ4v) is 5.63. The first-order chi connectivity index (χ1) is 16.7. The molecule has 3 heterocycles. The van der Waals surface area contributed by atoms with E-state index in [4.69, 9.17) is 4.74 Å². The molecule has 0 unspecified atom stereocenters. The van der Waals surface area contributed by atoms with Gasteiger partial charge < -0.3 is 24.8 Å². The molecule has 1 spiro atoms. The van der Waals surface area contributed by atoms with Gasteiger partial charge in [-0.05, 0) is 37.8 Å². The predicted molar refractivity (Wildman–Crippen MR) is 120 cm³/mol. The second-order valence-electron chi connectivity index (χ2n) is 10.6. The molecule has 35 heavy (non-hydrogen) atoms. The second kappa shape index (κ2) is 8.11. The number of hydrogen-bond acceptors (Lipinski definition) is 5. The predicted octanol–water partition coefficient (Wildman–Crippen LogP) is 3.48. The Morgan fingerprint density at radius 3 is 2.46 bits per heavy atom. The molecule has 1 aromatic carbocycles. The van der Waals surface area contributed by atoms with E-state index in [2.05, 4.69) is 20.5 Å². The van der Waals surface area contributed by atoms with Crippen LogP contribution in [0.1, 0.15) is 60.3 Å². The zero-order valence-electron chi connectivity index (χ0n) is 19.6. The Balaban J connectivity index is 0.931. The van der Waals surface area contributed by atoms with Gasteiger partial charge in [0.05, 0.1) is 12.7 Å². The summed E-state index contributed by atoms with van der Waals surface area (Å²) in [6.07, 6.45) is 0.108. The summed E-state index contributed by atoms with van der Waals surface area (Å²) >= 11 is 0. The van der Waals surface area contributed by atoms with E-state index in [1.165, 1.54) is 26.0 Å². The zero-order valence-corrected chi connectivity index (χ0v) is 19.6. The lowest BCUT2D eigenvalue weighted by Gasteiger charge is -2.59. The molecule has 0 atom stereocenters. The lowest BCUT2D eigenvalue weighted by Crippen LogP contribution is -2.69. The van der Waals surface area contributed by atoms with Gasteiger partial charge in [0.25, 0.3) is 0 Å². The quantitative estimate of drug-likeness (QED) is 0.648. The van der Waals surface area contributed by atoms with Crippen molar-refractivity contribution in [1.82, 2.24) is 30.3 Å². The fraction of sp³-hybridized carbons (Fsp3) is 0.625. The van der Waals surface area contributed by atoms with Crippen LogP contribution in [-0.2, 0) is 12.7 Å². The number of carbonyl (C=O) groups is 1. The third-order valence-corrected chi connectivity index (χ3v) is 7.90. The van der Waals surface area contributed by atoms with Crippen molar-refractivity contribution in [2.24, 2.45) is 5.41 Å². The molecule has 2 amide bonds. The van der Waals surface area contributed by atoms with Crippen molar-refractivity contribution in [1.29, 1.82) is 0 Å². The number of hydrogen-bond donors (Lipinski definition) is 2. The lowest BCUT2D eigenvalue weighted by molar-refractivity contribution is -0.137. The highest BCUT2D eigenvalue weighted by molar-refractivity contribution is 5.76. The average molecular weight is 491 g/mol. The molecule has 2 N–H and O–H groups in total. The van der Waals surface area contributed by atoms with Gasteiger partial charge in [-0.3, -0.25) is 0 Å². The van der Waals surface area contributed by atoms with Crippen LogP contribution in [0.4, 0.5) is 18.0 Å². The summed E-state index contributed by atoms with van der Waals surface area (Å²) in [7, 11) is 1.36. The van der Waals surface area contributed by atoms with Gasteiger partial charge in [-0.15, -0.1) is 10.2 Å². The normalized spacial score (nSPS) is 22.1. The number of urea groups is 1. The Labute approximate surface area is 201 Å². The highest BCUT2D eigenvalue weighted by Crippen LogP contribution is 2.55. The Bertz CT molecular complexity index is 1110. The lowest BCUT2D eigenvalue weighted by atomic mass is 9.57. The van der Waals surface area contributed by atoms with Crippen LogP contribution < -0.4 is 10.1 Å². The summed E-state index contributed by atoms with van der Waals surface area (Å²) in [5.41, 5.74) is 0.159. The van der Waals surface area contributed by atoms with E-state index in [0.717, 1.165) is 49.7 Å². The van der Waals surface area contributed by atoms with Crippen molar-refractivity contribution < 1.29 is 22.7 Å². The van der Waals surface area contributed by atoms with Gasteiger partial charge in [-0.25, -0.2) is 4.79 Å². The van der Waals surface area contributed by atoms with Crippen LogP contribution >= 0.6 is 0 Å². The van der Waals surface area contributed by atoms with Crippen LogP contribution in [0.5, 0.6) is 5.75 Å². The first kappa shape index (κ1) is 22.6. The Kier molecular flexibility index (Phi) is 5.24. The van der Waals surface area contributed by atoms with Crippen LogP contribution in [0.2, 0.25) is 0 Å². The van der Waals surface area contributed by atoms with Gasteiger partial charge in [0.15, 0.2) is 0 Å². The van der Waals surface area contributed by atoms with Crippen molar-refractivity contribution in [3.05, 3.63) is 41.0 Å². The topological polar surface area (TPSA) is 86.4 Å². The van der Waals surface area contributed by atoms with Crippen molar-refractivity contribution in [3.63, 3.8) is 0 Å². The molecular weight excluding hydrogens is 461 g/mol. The number of aromatic amines is 1. The molecule has 4 fully saturated rings. The summed E-state index contributed by atoms with van der Waals surface area (Å²) < 4.78 is 43.9. The number of benzene rings is 1. The first-order valence-corrected chi connectivity index (χ1v) is 12.2. The second-order valence-corrected chi connectivity index (χ2v) is 10.6. The van der Waals surface area contributed by atoms with E-state index < -0.39 is 11.7 Å². The van der Waals surface area contributed by atoms with Crippen LogP contribution in [0.25, 0.3) is 0 Å². The van der Waals surface area contributed by atoms with Crippen molar-refractivity contribution in [2.45, 2.75) is 56.3 Å². The van der Waals surface area contributed by atoms with Crippen LogP contribution in [0.15, 0.2) is 18.2 Å². The maximum Gasteiger partial charge on any atom is 0.416 e. The first-order valence-electron chi connectivity index (χ1n) is 12.2. The Morgan fingerprint density at radius 1 is 1.14 bits per heavy atom. The number of ether oxygens (including phenoxy) is 1. The fourth-order valence-electron chi connectivity index (χ4n) is 5.63. The minimum absolute atomic E-state index is 0.0694. The van der Waals surface area contributed by atoms with Gasteiger partial charge >= 0.3 is 12.2 Å². The van der Waals surface area contributed by atoms with E-state index in [9.17, 15) is 18.0 Å². The maximum atomic E-state index is 12.9. The van der Waals surface area contributed by atoms with Crippen LogP contribution in [-0.4, -0.2) is 70.3 Å². The minimum Gasteiger partial charge on any atom is -0.496 e. The van der Waals surface area contributed by atoms with Gasteiger partial charge in [0.2, 0.25) is 0 Å². The highest BCUT2D eigenvalue weighted by atomic mass is 19.4. The SMILES string of the molecule is COc1cc(C(F)(F)F)ccc1CNC1CN(C(=O)N2CC3(CC(c4nnc(C5CC5)[nH]4)C3)C2)C1. The molecule has 188 valence electrons. The molecule has 2 saturated carbocycles. The molecule has 6 rings (SSSR count). The number of nitrogens with zero attached hydrogens (tertiary/aromatic N) is 4. The molecule has 2 aliphatic carbocycles. The van der Waals surface area contributed by atoms with Gasteiger partial charge in [-0.2, -0.15) is 13.2 Å². The van der Waals surface area contributed by atoms with E-state index in [1.807, 2.05) is 9.80 Å². The summed E-state index contributed by atoms with van der Waals surface area (Å²) in [6, 6.07) is 3.70. The number of aromatic nitrogens is 3. The van der Waals surface area contributed by atoms with E-state index in [1.54, 1.807) is 0 Å². The molecule has 11 heteroatoms. The number of likely N-dealkylation sites (tertiary alicyclic amines) is 2. The number of methoxy groups -OCH3 is 1. The Morgan fingerprint density at radius 2 is 1.83 bits per heavy atom.